The van der Waals surface area contributed by atoms with E-state index in [2.05, 4.69) is 22.2 Å². The number of hydrogen-bond donors (Lipinski definition) is 3. The molecule has 0 spiro atoms. The van der Waals surface area contributed by atoms with Gasteiger partial charge in [-0.15, -0.1) is 22.7 Å². The Morgan fingerprint density at radius 3 is 3.00 bits per heavy atom. The Bertz CT molecular complexity index is 1070. The molecule has 3 heterocycles. The summed E-state index contributed by atoms with van der Waals surface area (Å²) in [5.41, 5.74) is 13.1. The molecule has 0 radical (unpaired) electrons. The van der Waals surface area contributed by atoms with E-state index in [-0.39, 0.29) is 11.7 Å². The number of nitrogens with two attached hydrogens (primary N) is 2. The molecule has 28 heavy (non-hydrogen) atoms. The number of hydrogen-bond acceptors (Lipinski definition) is 8. The Hall–Kier alpha value is -2.17. The molecule has 2 amide bonds. The van der Waals surface area contributed by atoms with E-state index >= 15 is 0 Å². The van der Waals surface area contributed by atoms with Crippen LogP contribution in [-0.2, 0) is 17.6 Å². The van der Waals surface area contributed by atoms with Gasteiger partial charge in [-0.05, 0) is 42.2 Å². The number of rotatable bonds is 5. The number of fused-ring (bicyclic) bond motifs is 3. The molecule has 0 aromatic carbocycles. The van der Waals surface area contributed by atoms with Gasteiger partial charge in [0.25, 0.3) is 5.91 Å². The van der Waals surface area contributed by atoms with Crippen LogP contribution in [0.5, 0.6) is 0 Å². The van der Waals surface area contributed by atoms with Gasteiger partial charge < -0.3 is 16.8 Å². The number of amides is 2. The molecule has 146 valence electrons. The van der Waals surface area contributed by atoms with Crippen molar-refractivity contribution in [3.63, 3.8) is 0 Å². The Kier molecular flexibility index (Phi) is 5.26. The summed E-state index contributed by atoms with van der Waals surface area (Å²) in [6.07, 6.45) is 3.23. The SMILES string of the molecule is CC1CCc2c(sc3nc(SCC(=O)Nc4sccc4C(N)=O)nc(N)c23)C1. The number of carbonyl (C=O) groups excluding carboxylic acids is 2. The zero-order valence-electron chi connectivity index (χ0n) is 15.2. The third kappa shape index (κ3) is 3.71. The average Bonchev–Trinajstić information content (AvgIpc) is 3.23. The number of anilines is 2. The molecule has 3 aromatic heterocycles. The second-order valence-corrected chi connectivity index (χ2v) is 9.73. The number of aryl methyl sites for hydroxylation is 1. The lowest BCUT2D eigenvalue weighted by molar-refractivity contribution is -0.113. The van der Waals surface area contributed by atoms with Crippen LogP contribution >= 0.6 is 34.4 Å². The number of aromatic nitrogens is 2. The van der Waals surface area contributed by atoms with Gasteiger partial charge in [-0.25, -0.2) is 9.97 Å². The van der Waals surface area contributed by atoms with Crippen LogP contribution in [0.15, 0.2) is 16.6 Å². The van der Waals surface area contributed by atoms with E-state index < -0.39 is 5.91 Å². The summed E-state index contributed by atoms with van der Waals surface area (Å²) in [6, 6.07) is 1.59. The van der Waals surface area contributed by atoms with Crippen LogP contribution in [0.3, 0.4) is 0 Å². The first-order valence-electron chi connectivity index (χ1n) is 8.80. The molecule has 0 saturated heterocycles. The minimum absolute atomic E-state index is 0.114. The third-order valence-corrected chi connectivity index (χ3v) is 7.50. The van der Waals surface area contributed by atoms with Gasteiger partial charge in [0.2, 0.25) is 5.91 Å². The van der Waals surface area contributed by atoms with Crippen molar-refractivity contribution >= 4 is 67.3 Å². The van der Waals surface area contributed by atoms with Crippen molar-refractivity contribution in [3.05, 3.63) is 27.5 Å². The molecule has 0 fully saturated rings. The molecule has 1 aliphatic rings. The van der Waals surface area contributed by atoms with Gasteiger partial charge in [-0.3, -0.25) is 9.59 Å². The zero-order chi connectivity index (χ0) is 19.8. The van der Waals surface area contributed by atoms with Crippen molar-refractivity contribution in [2.24, 2.45) is 11.7 Å². The maximum atomic E-state index is 12.2. The second kappa shape index (κ2) is 7.69. The molecule has 1 aliphatic carbocycles. The van der Waals surface area contributed by atoms with Crippen molar-refractivity contribution in [2.75, 3.05) is 16.8 Å². The Morgan fingerprint density at radius 1 is 1.39 bits per heavy atom. The van der Waals surface area contributed by atoms with Crippen molar-refractivity contribution in [1.29, 1.82) is 0 Å². The minimum atomic E-state index is -0.568. The lowest BCUT2D eigenvalue weighted by Gasteiger charge is -2.17. The van der Waals surface area contributed by atoms with Crippen LogP contribution in [-0.4, -0.2) is 27.5 Å². The molecule has 5 N–H and O–H groups in total. The van der Waals surface area contributed by atoms with E-state index in [9.17, 15) is 9.59 Å². The first kappa shape index (κ1) is 19.2. The molecule has 0 bridgehead atoms. The van der Waals surface area contributed by atoms with Crippen molar-refractivity contribution in [2.45, 2.75) is 31.3 Å². The van der Waals surface area contributed by atoms with E-state index in [0.29, 0.717) is 27.5 Å². The van der Waals surface area contributed by atoms with E-state index in [1.165, 1.54) is 33.5 Å². The van der Waals surface area contributed by atoms with Gasteiger partial charge in [-0.1, -0.05) is 18.7 Å². The number of nitrogens with one attached hydrogen (secondary N) is 1. The molecular formula is C18H19N5O2S3. The standard InChI is InChI=1S/C18H19N5O2S3/c1-8-2-3-9-11(6-8)28-17-13(9)14(19)22-18(23-17)27-7-12(24)21-16-10(15(20)25)4-5-26-16/h4-5,8H,2-3,6-7H2,1H3,(H2,20,25)(H,21,24)(H2,19,22,23). The predicted molar refractivity (Wildman–Crippen MR) is 115 cm³/mol. The fourth-order valence-corrected chi connectivity index (χ4v) is 6.22. The predicted octanol–water partition coefficient (Wildman–Crippen LogP) is 3.29. The van der Waals surface area contributed by atoms with Crippen LogP contribution in [0.4, 0.5) is 10.8 Å². The smallest absolute Gasteiger partial charge is 0.251 e. The second-order valence-electron chi connectivity index (χ2n) is 6.79. The van der Waals surface area contributed by atoms with Gasteiger partial charge in [0.05, 0.1) is 16.7 Å². The maximum Gasteiger partial charge on any atom is 0.251 e. The monoisotopic (exact) mass is 433 g/mol. The number of nitrogens with zero attached hydrogens (tertiary/aromatic N) is 2. The lowest BCUT2D eigenvalue weighted by Crippen LogP contribution is -2.18. The largest absolute Gasteiger partial charge is 0.383 e. The number of thioether (sulfide) groups is 1. The summed E-state index contributed by atoms with van der Waals surface area (Å²) in [5.74, 6) is 0.450. The molecule has 1 unspecified atom stereocenters. The highest BCUT2D eigenvalue weighted by Gasteiger charge is 2.23. The highest BCUT2D eigenvalue weighted by atomic mass is 32.2. The molecule has 7 nitrogen and oxygen atoms in total. The molecule has 4 rings (SSSR count). The Balaban J connectivity index is 1.48. The van der Waals surface area contributed by atoms with Crippen LogP contribution in [0.25, 0.3) is 10.2 Å². The first-order chi connectivity index (χ1) is 13.4. The summed E-state index contributed by atoms with van der Waals surface area (Å²) in [4.78, 5) is 34.9. The van der Waals surface area contributed by atoms with Gasteiger partial charge in [0.1, 0.15) is 15.6 Å². The molecule has 10 heteroatoms. The summed E-state index contributed by atoms with van der Waals surface area (Å²) >= 11 is 4.16. The molecular weight excluding hydrogens is 414 g/mol. The highest BCUT2D eigenvalue weighted by molar-refractivity contribution is 7.99. The topological polar surface area (TPSA) is 124 Å². The molecule has 3 aromatic rings. The van der Waals surface area contributed by atoms with Crippen molar-refractivity contribution < 1.29 is 9.59 Å². The fraction of sp³-hybridized carbons (Fsp3) is 0.333. The Morgan fingerprint density at radius 2 is 2.21 bits per heavy atom. The summed E-state index contributed by atoms with van der Waals surface area (Å²) < 4.78 is 0. The van der Waals surface area contributed by atoms with Gasteiger partial charge >= 0.3 is 0 Å². The van der Waals surface area contributed by atoms with Crippen molar-refractivity contribution in [1.82, 2.24) is 9.97 Å². The lowest BCUT2D eigenvalue weighted by atomic mass is 9.89. The molecule has 0 saturated carbocycles. The highest BCUT2D eigenvalue weighted by Crippen LogP contribution is 2.39. The van der Waals surface area contributed by atoms with E-state index in [4.69, 9.17) is 11.5 Å². The first-order valence-corrected chi connectivity index (χ1v) is 11.5. The van der Waals surface area contributed by atoms with E-state index in [0.717, 1.165) is 29.5 Å². The van der Waals surface area contributed by atoms with Gasteiger partial charge in [0, 0.05) is 4.88 Å². The van der Waals surface area contributed by atoms with Gasteiger partial charge in [-0.2, -0.15) is 0 Å². The zero-order valence-corrected chi connectivity index (χ0v) is 17.6. The fourth-order valence-electron chi connectivity index (χ4n) is 3.31. The normalized spacial score (nSPS) is 16.1. The third-order valence-electron chi connectivity index (χ3n) is 4.68. The van der Waals surface area contributed by atoms with Crippen LogP contribution in [0, 0.1) is 5.92 Å². The van der Waals surface area contributed by atoms with Crippen molar-refractivity contribution in [3.8, 4) is 0 Å². The summed E-state index contributed by atoms with van der Waals surface area (Å²) in [6.45, 7) is 2.26. The van der Waals surface area contributed by atoms with Crippen LogP contribution in [0.2, 0.25) is 0 Å². The molecule has 1 atom stereocenters. The van der Waals surface area contributed by atoms with Crippen LogP contribution < -0.4 is 16.8 Å². The number of nitrogen functional groups attached to an aromatic ring is 1. The summed E-state index contributed by atoms with van der Waals surface area (Å²) in [7, 11) is 0. The Labute approximate surface area is 173 Å². The minimum Gasteiger partial charge on any atom is -0.383 e. The summed E-state index contributed by atoms with van der Waals surface area (Å²) in [5, 5.41) is 6.33. The average molecular weight is 434 g/mol. The van der Waals surface area contributed by atoms with E-state index in [1.807, 2.05) is 0 Å². The maximum absolute atomic E-state index is 12.2. The van der Waals surface area contributed by atoms with E-state index in [1.54, 1.807) is 22.8 Å². The quantitative estimate of drug-likeness (QED) is 0.419. The number of carbonyl (C=O) groups is 2. The van der Waals surface area contributed by atoms with Gasteiger partial charge in [0.15, 0.2) is 5.16 Å². The number of primary amides is 1. The molecule has 0 aliphatic heterocycles. The van der Waals surface area contributed by atoms with Crippen LogP contribution in [0.1, 0.15) is 34.1 Å². The number of thiophene rings is 2.